The van der Waals surface area contributed by atoms with Gasteiger partial charge in [-0.1, -0.05) is 13.8 Å². The van der Waals surface area contributed by atoms with Gasteiger partial charge in [-0.2, -0.15) is 0 Å². The average molecular weight is 581 g/mol. The van der Waals surface area contributed by atoms with E-state index in [4.69, 9.17) is 19.7 Å². The number of nitrogens with one attached hydrogen (secondary N) is 1. The molecule has 5 heterocycles. The third kappa shape index (κ3) is 4.82. The fourth-order valence-electron chi connectivity index (χ4n) is 7.10. The second kappa shape index (κ2) is 11.2. The van der Waals surface area contributed by atoms with Gasteiger partial charge >= 0.3 is 5.97 Å². The van der Waals surface area contributed by atoms with E-state index < -0.39 is 0 Å². The Bertz CT molecular complexity index is 1680. The molecule has 0 amide bonds. The van der Waals surface area contributed by atoms with Crippen LogP contribution in [0.3, 0.4) is 0 Å². The van der Waals surface area contributed by atoms with E-state index in [0.717, 1.165) is 91.9 Å². The van der Waals surface area contributed by atoms with Gasteiger partial charge in [0.1, 0.15) is 5.76 Å². The molecule has 0 unspecified atom stereocenters. The van der Waals surface area contributed by atoms with E-state index in [1.165, 1.54) is 12.7 Å². The zero-order valence-corrected chi connectivity index (χ0v) is 25.9. The first-order valence-corrected chi connectivity index (χ1v) is 15.3. The van der Waals surface area contributed by atoms with Crippen molar-refractivity contribution in [1.29, 1.82) is 0 Å². The lowest BCUT2D eigenvalue weighted by atomic mass is 9.86. The van der Waals surface area contributed by atoms with Crippen molar-refractivity contribution in [2.75, 3.05) is 13.7 Å². The maximum absolute atomic E-state index is 12.2. The van der Waals surface area contributed by atoms with Crippen molar-refractivity contribution in [3.63, 3.8) is 0 Å². The summed E-state index contributed by atoms with van der Waals surface area (Å²) in [7, 11) is 1.42. The molecule has 1 fully saturated rings. The molecule has 1 aliphatic carbocycles. The van der Waals surface area contributed by atoms with Gasteiger partial charge in [-0.15, -0.1) is 0 Å². The number of aliphatic hydroxyl groups excluding tert-OH is 2. The quantitative estimate of drug-likeness (QED) is 0.302. The molecule has 1 saturated heterocycles. The molecule has 3 N–H and O–H groups in total. The van der Waals surface area contributed by atoms with Crippen molar-refractivity contribution < 1.29 is 19.7 Å². The highest BCUT2D eigenvalue weighted by Gasteiger charge is 2.41. The van der Waals surface area contributed by atoms with Gasteiger partial charge in [0.05, 0.1) is 41.3 Å². The second-order valence-electron chi connectivity index (χ2n) is 12.0. The molecule has 0 aromatic rings. The zero-order chi connectivity index (χ0) is 30.6. The Kier molecular flexibility index (Phi) is 7.59. The van der Waals surface area contributed by atoms with Crippen molar-refractivity contribution in [2.24, 2.45) is 26.8 Å². The SMILES string of the molecule is CCC1=C(C)C2=NC1=CC1=C(C)C3=C(O)CC(=C4NC(=CC5=NC(=C2)C(CCCO)=C5C)[C@@H](C)[C@@H]4CCC(=O)OC)C3=N1. The summed E-state index contributed by atoms with van der Waals surface area (Å²) in [6.45, 7) is 10.7. The molecule has 224 valence electrons. The second-order valence-corrected chi connectivity index (χ2v) is 12.0. The molecule has 0 radical (unpaired) electrons. The summed E-state index contributed by atoms with van der Waals surface area (Å²) >= 11 is 0. The van der Waals surface area contributed by atoms with E-state index in [9.17, 15) is 15.0 Å². The molecule has 5 aliphatic heterocycles. The summed E-state index contributed by atoms with van der Waals surface area (Å²) in [6, 6.07) is 0. The van der Waals surface area contributed by atoms with Crippen molar-refractivity contribution in [1.82, 2.24) is 5.32 Å². The third-order valence-corrected chi connectivity index (χ3v) is 9.65. The van der Waals surface area contributed by atoms with Gasteiger partial charge in [0, 0.05) is 53.8 Å². The number of ether oxygens (including phenoxy) is 1. The smallest absolute Gasteiger partial charge is 0.305 e. The fraction of sp³-hybridized carbons (Fsp3) is 0.429. The summed E-state index contributed by atoms with van der Waals surface area (Å²) in [5, 5.41) is 24.6. The number of rotatable bonds is 7. The van der Waals surface area contributed by atoms with Crippen LogP contribution in [0, 0.1) is 11.8 Å². The van der Waals surface area contributed by atoms with Crippen LogP contribution < -0.4 is 5.32 Å². The molecule has 43 heavy (non-hydrogen) atoms. The van der Waals surface area contributed by atoms with Crippen molar-refractivity contribution in [3.8, 4) is 0 Å². The van der Waals surface area contributed by atoms with Crippen LogP contribution in [-0.4, -0.2) is 47.0 Å². The summed E-state index contributed by atoms with van der Waals surface area (Å²) in [6.07, 6.45) is 9.77. The maximum Gasteiger partial charge on any atom is 0.305 e. The minimum absolute atomic E-state index is 0.0163. The fourth-order valence-corrected chi connectivity index (χ4v) is 7.10. The van der Waals surface area contributed by atoms with Crippen LogP contribution in [0.15, 0.2) is 106 Å². The molecule has 6 aliphatic rings. The number of esters is 1. The van der Waals surface area contributed by atoms with Crippen LogP contribution in [0.5, 0.6) is 0 Å². The average Bonchev–Trinajstić information content (AvgIpc) is 3.73. The Morgan fingerprint density at radius 1 is 1.02 bits per heavy atom. The topological polar surface area (TPSA) is 116 Å². The van der Waals surface area contributed by atoms with Gasteiger partial charge < -0.3 is 20.3 Å². The lowest BCUT2D eigenvalue weighted by molar-refractivity contribution is -0.140. The Hall–Kier alpha value is -4.04. The number of allylic oxidation sites excluding steroid dienone is 12. The van der Waals surface area contributed by atoms with E-state index in [2.05, 4.69) is 45.2 Å². The number of hydrogen-bond donors (Lipinski definition) is 3. The maximum atomic E-state index is 12.2. The summed E-state index contributed by atoms with van der Waals surface area (Å²) in [4.78, 5) is 27.5. The normalized spacial score (nSPS) is 24.4. The Morgan fingerprint density at radius 2 is 1.72 bits per heavy atom. The Morgan fingerprint density at radius 3 is 2.42 bits per heavy atom. The Balaban J connectivity index is 1.58. The molecule has 0 saturated carbocycles. The van der Waals surface area contributed by atoms with Crippen LogP contribution in [0.4, 0.5) is 0 Å². The number of hydrogen-bond acceptors (Lipinski definition) is 8. The van der Waals surface area contributed by atoms with Gasteiger partial charge in [-0.25, -0.2) is 15.0 Å². The predicted octanol–water partition coefficient (Wildman–Crippen LogP) is 6.38. The summed E-state index contributed by atoms with van der Waals surface area (Å²) in [5.74, 6) is 0.181. The highest BCUT2D eigenvalue weighted by molar-refractivity contribution is 6.21. The first kappa shape index (κ1) is 29.1. The van der Waals surface area contributed by atoms with Crippen LogP contribution in [0.1, 0.15) is 73.1 Å². The van der Waals surface area contributed by atoms with E-state index in [1.54, 1.807) is 0 Å². The summed E-state index contributed by atoms with van der Waals surface area (Å²) in [5.41, 5.74) is 14.4. The molecule has 0 aromatic carbocycles. The highest BCUT2D eigenvalue weighted by atomic mass is 16.5. The van der Waals surface area contributed by atoms with Crippen LogP contribution in [0.2, 0.25) is 0 Å². The minimum Gasteiger partial charge on any atom is -0.511 e. The van der Waals surface area contributed by atoms with Gasteiger partial charge in [0.25, 0.3) is 0 Å². The zero-order valence-electron chi connectivity index (χ0n) is 25.9. The molecule has 0 spiro atoms. The third-order valence-electron chi connectivity index (χ3n) is 9.65. The number of fused-ring (bicyclic) bond motifs is 5. The highest BCUT2D eigenvalue weighted by Crippen LogP contribution is 2.46. The van der Waals surface area contributed by atoms with Crippen molar-refractivity contribution >= 4 is 23.1 Å². The largest absolute Gasteiger partial charge is 0.511 e. The monoisotopic (exact) mass is 580 g/mol. The first-order chi connectivity index (χ1) is 20.7. The molecular weight excluding hydrogens is 540 g/mol. The lowest BCUT2D eigenvalue weighted by Crippen LogP contribution is -2.16. The van der Waals surface area contributed by atoms with Gasteiger partial charge in [-0.3, -0.25) is 4.79 Å². The van der Waals surface area contributed by atoms with Crippen molar-refractivity contribution in [3.05, 3.63) is 91.5 Å². The molecule has 8 heteroatoms. The van der Waals surface area contributed by atoms with Gasteiger partial charge in [0.2, 0.25) is 0 Å². The lowest BCUT2D eigenvalue weighted by Gasteiger charge is -2.17. The predicted molar refractivity (Wildman–Crippen MR) is 170 cm³/mol. The number of nitrogens with zero attached hydrogens (tertiary/aromatic N) is 3. The van der Waals surface area contributed by atoms with E-state index in [1.807, 2.05) is 13.0 Å². The first-order valence-electron chi connectivity index (χ1n) is 15.3. The van der Waals surface area contributed by atoms with Gasteiger partial charge in [-0.05, 0) is 92.5 Å². The van der Waals surface area contributed by atoms with Gasteiger partial charge in [0.15, 0.2) is 0 Å². The molecule has 0 aromatic heterocycles. The molecule has 8 bridgehead atoms. The minimum atomic E-state index is -0.237. The standard InChI is InChI=1S/C35H40N4O4/c1-7-21-17(2)26-15-30-22(9-8-12-40)18(3)25(37-30)14-27-19(4)23(10-11-32(42)43-6)34(38-27)24-13-31(41)33-20(5)28(39-35(24)33)16-29(21)36-26/h14-16,19,23,38,40-41H,7-13H2,1-6H3/t19-,23-/m0/s1. The molecule has 8 nitrogen and oxygen atoms in total. The van der Waals surface area contributed by atoms with Crippen LogP contribution in [-0.2, 0) is 9.53 Å². The van der Waals surface area contributed by atoms with Crippen molar-refractivity contribution in [2.45, 2.75) is 73.1 Å². The number of carbonyl (C=O) groups excluding carboxylic acids is 1. The Labute approximate surface area is 253 Å². The van der Waals surface area contributed by atoms with Crippen LogP contribution in [0.25, 0.3) is 0 Å². The number of methoxy groups -OCH3 is 1. The molecule has 2 atom stereocenters. The van der Waals surface area contributed by atoms with E-state index >= 15 is 0 Å². The number of aliphatic hydroxyl groups is 2. The van der Waals surface area contributed by atoms with Crippen LogP contribution >= 0.6 is 0 Å². The molecular formula is C35H40N4O4. The number of carbonyl (C=O) groups is 1. The number of aliphatic imine (C=N–C) groups is 3. The summed E-state index contributed by atoms with van der Waals surface area (Å²) < 4.78 is 4.98. The van der Waals surface area contributed by atoms with E-state index in [-0.39, 0.29) is 24.4 Å². The van der Waals surface area contributed by atoms with E-state index in [0.29, 0.717) is 31.4 Å². The molecule has 6 rings (SSSR count).